The van der Waals surface area contributed by atoms with Crippen LogP contribution in [0.15, 0.2) is 77.7 Å². The van der Waals surface area contributed by atoms with Gasteiger partial charge in [0, 0.05) is 22.6 Å². The van der Waals surface area contributed by atoms with Crippen LogP contribution in [0.4, 0.5) is 11.4 Å². The highest BCUT2D eigenvalue weighted by Gasteiger charge is 2.28. The molecule has 148 valence electrons. The van der Waals surface area contributed by atoms with Crippen LogP contribution in [0.2, 0.25) is 0 Å². The number of thiazole rings is 1. The van der Waals surface area contributed by atoms with E-state index in [2.05, 4.69) is 15.6 Å². The molecule has 1 aliphatic rings. The summed E-state index contributed by atoms with van der Waals surface area (Å²) in [4.78, 5) is 30.6. The number of thioether (sulfide) groups is 1. The first-order chi connectivity index (χ1) is 14.7. The maximum absolute atomic E-state index is 12.6. The lowest BCUT2D eigenvalue weighted by atomic mass is 10.2. The Labute approximate surface area is 181 Å². The summed E-state index contributed by atoms with van der Waals surface area (Å²) in [6.45, 7) is 0. The number of carbonyl (C=O) groups is 2. The largest absolute Gasteiger partial charge is 0.326 e. The lowest BCUT2D eigenvalue weighted by Gasteiger charge is -2.23. The highest BCUT2D eigenvalue weighted by Crippen LogP contribution is 2.37. The predicted molar refractivity (Wildman–Crippen MR) is 123 cm³/mol. The van der Waals surface area contributed by atoms with E-state index < -0.39 is 5.25 Å². The Morgan fingerprint density at radius 3 is 2.77 bits per heavy atom. The van der Waals surface area contributed by atoms with E-state index in [9.17, 15) is 9.59 Å². The molecule has 0 fully saturated rings. The molecule has 2 heterocycles. The summed E-state index contributed by atoms with van der Waals surface area (Å²) in [7, 11) is 0. The van der Waals surface area contributed by atoms with Crippen molar-refractivity contribution in [1.82, 2.24) is 4.98 Å². The molecule has 5 rings (SSSR count). The van der Waals surface area contributed by atoms with Gasteiger partial charge in [-0.1, -0.05) is 36.4 Å². The fraction of sp³-hybridized carbons (Fsp3) is 0.0870. The average molecular weight is 432 g/mol. The summed E-state index contributed by atoms with van der Waals surface area (Å²) in [5.74, 6) is -0.333. The summed E-state index contributed by atoms with van der Waals surface area (Å²) >= 11 is 3.05. The van der Waals surface area contributed by atoms with E-state index in [4.69, 9.17) is 0 Å². The Morgan fingerprint density at radius 2 is 1.87 bits per heavy atom. The molecule has 0 unspecified atom stereocenters. The number of amides is 2. The third-order valence-corrected chi connectivity index (χ3v) is 7.13. The maximum atomic E-state index is 12.6. The molecule has 1 aromatic heterocycles. The molecule has 1 atom stereocenters. The fourth-order valence-corrected chi connectivity index (χ4v) is 5.41. The van der Waals surface area contributed by atoms with Gasteiger partial charge < -0.3 is 10.6 Å². The Bertz CT molecular complexity index is 1240. The van der Waals surface area contributed by atoms with Crippen LogP contribution in [0, 0.1) is 0 Å². The van der Waals surface area contributed by atoms with Crippen molar-refractivity contribution >= 4 is 56.5 Å². The van der Waals surface area contributed by atoms with Gasteiger partial charge in [0.2, 0.25) is 11.8 Å². The number of nitrogens with one attached hydrogen (secondary N) is 2. The lowest BCUT2D eigenvalue weighted by Crippen LogP contribution is -2.32. The lowest BCUT2D eigenvalue weighted by molar-refractivity contribution is -0.120. The van der Waals surface area contributed by atoms with Crippen molar-refractivity contribution in [2.75, 3.05) is 10.6 Å². The number of benzene rings is 3. The number of fused-ring (bicyclic) bond motifs is 2. The zero-order chi connectivity index (χ0) is 20.5. The van der Waals surface area contributed by atoms with Gasteiger partial charge in [-0.05, 0) is 36.4 Å². The zero-order valence-corrected chi connectivity index (χ0v) is 17.4. The Balaban J connectivity index is 1.30. The maximum Gasteiger partial charge on any atom is 0.238 e. The number of hydrogen-bond donors (Lipinski definition) is 2. The molecule has 1 aliphatic heterocycles. The van der Waals surface area contributed by atoms with Gasteiger partial charge in [-0.25, -0.2) is 4.98 Å². The number of hydrogen-bond acceptors (Lipinski definition) is 5. The van der Waals surface area contributed by atoms with E-state index in [1.165, 1.54) is 11.8 Å². The Kier molecular flexibility index (Phi) is 4.98. The van der Waals surface area contributed by atoms with Crippen molar-refractivity contribution in [3.05, 3.63) is 72.8 Å². The summed E-state index contributed by atoms with van der Waals surface area (Å²) in [6, 6.07) is 23.3. The van der Waals surface area contributed by atoms with E-state index in [1.807, 2.05) is 72.8 Å². The number of rotatable bonds is 4. The third kappa shape index (κ3) is 3.81. The van der Waals surface area contributed by atoms with Gasteiger partial charge in [-0.2, -0.15) is 0 Å². The molecule has 0 saturated carbocycles. The topological polar surface area (TPSA) is 71.1 Å². The smallest absolute Gasteiger partial charge is 0.238 e. The van der Waals surface area contributed by atoms with Gasteiger partial charge in [0.05, 0.1) is 21.2 Å². The molecule has 4 aromatic rings. The SMILES string of the molecule is O=C(C[C@H]1Sc2ccccc2NC1=O)Nc1cccc(-c2nc3ccccc3s2)c1. The Hall–Kier alpha value is -3.16. The molecule has 0 saturated heterocycles. The van der Waals surface area contributed by atoms with Gasteiger partial charge in [-0.3, -0.25) is 9.59 Å². The molecule has 5 nitrogen and oxygen atoms in total. The third-order valence-electron chi connectivity index (χ3n) is 4.76. The van der Waals surface area contributed by atoms with Crippen LogP contribution in [0.3, 0.4) is 0 Å². The number of aromatic nitrogens is 1. The quantitative estimate of drug-likeness (QED) is 0.454. The predicted octanol–water partition coefficient (Wildman–Crippen LogP) is 5.40. The molecule has 30 heavy (non-hydrogen) atoms. The van der Waals surface area contributed by atoms with Crippen LogP contribution in [0.1, 0.15) is 6.42 Å². The van der Waals surface area contributed by atoms with Crippen LogP contribution < -0.4 is 10.6 Å². The zero-order valence-electron chi connectivity index (χ0n) is 15.8. The minimum absolute atomic E-state index is 0.107. The number of para-hydroxylation sites is 2. The van der Waals surface area contributed by atoms with Gasteiger partial charge >= 0.3 is 0 Å². The summed E-state index contributed by atoms with van der Waals surface area (Å²) < 4.78 is 1.13. The van der Waals surface area contributed by atoms with E-state index in [-0.39, 0.29) is 18.2 Å². The minimum atomic E-state index is -0.452. The molecule has 2 amide bonds. The van der Waals surface area contributed by atoms with Gasteiger partial charge in [0.1, 0.15) is 5.01 Å². The van der Waals surface area contributed by atoms with Crippen LogP contribution in [0.5, 0.6) is 0 Å². The monoisotopic (exact) mass is 431 g/mol. The van der Waals surface area contributed by atoms with Crippen LogP contribution in [0.25, 0.3) is 20.8 Å². The molecular weight excluding hydrogens is 414 g/mol. The number of anilines is 2. The van der Waals surface area contributed by atoms with Crippen molar-refractivity contribution < 1.29 is 9.59 Å². The molecule has 2 N–H and O–H groups in total. The Morgan fingerprint density at radius 1 is 1.03 bits per heavy atom. The molecule has 7 heteroatoms. The normalized spacial score (nSPS) is 15.5. The van der Waals surface area contributed by atoms with Crippen molar-refractivity contribution in [3.63, 3.8) is 0 Å². The number of carbonyl (C=O) groups excluding carboxylic acids is 2. The molecule has 0 bridgehead atoms. The highest BCUT2D eigenvalue weighted by molar-refractivity contribution is 8.01. The standard InChI is InChI=1S/C23H17N3O2S2/c27-21(13-20-22(28)25-16-8-1-3-10-18(16)29-20)24-15-7-5-6-14(12-15)23-26-17-9-2-4-11-19(17)30-23/h1-12,20H,13H2,(H,24,27)(H,25,28)/t20-/m1/s1. The first-order valence-corrected chi connectivity index (χ1v) is 11.2. The van der Waals surface area contributed by atoms with Crippen molar-refractivity contribution in [2.24, 2.45) is 0 Å². The van der Waals surface area contributed by atoms with Crippen molar-refractivity contribution in [1.29, 1.82) is 0 Å². The first-order valence-electron chi connectivity index (χ1n) is 9.48. The average Bonchev–Trinajstić information content (AvgIpc) is 3.19. The molecule has 0 spiro atoms. The summed E-state index contributed by atoms with van der Waals surface area (Å²) in [5, 5.41) is 6.25. The minimum Gasteiger partial charge on any atom is -0.326 e. The van der Waals surface area contributed by atoms with E-state index >= 15 is 0 Å². The van der Waals surface area contributed by atoms with E-state index in [0.717, 1.165) is 31.4 Å². The summed E-state index contributed by atoms with van der Waals surface area (Å²) in [6.07, 6.45) is 0.107. The van der Waals surface area contributed by atoms with Crippen molar-refractivity contribution in [2.45, 2.75) is 16.6 Å². The second-order valence-electron chi connectivity index (χ2n) is 6.91. The highest BCUT2D eigenvalue weighted by atomic mass is 32.2. The number of nitrogens with zero attached hydrogens (tertiary/aromatic N) is 1. The van der Waals surface area contributed by atoms with Crippen LogP contribution in [-0.4, -0.2) is 22.0 Å². The molecule has 0 aliphatic carbocycles. The van der Waals surface area contributed by atoms with Crippen molar-refractivity contribution in [3.8, 4) is 10.6 Å². The molecule has 0 radical (unpaired) electrons. The molecular formula is C23H17N3O2S2. The van der Waals surface area contributed by atoms with Crippen LogP contribution in [-0.2, 0) is 9.59 Å². The fourth-order valence-electron chi connectivity index (χ4n) is 3.33. The van der Waals surface area contributed by atoms with Crippen LogP contribution >= 0.6 is 23.1 Å². The molecule has 3 aromatic carbocycles. The first kappa shape index (κ1) is 18.8. The van der Waals surface area contributed by atoms with E-state index in [0.29, 0.717) is 5.69 Å². The summed E-state index contributed by atoms with van der Waals surface area (Å²) in [5.41, 5.74) is 3.41. The second-order valence-corrected chi connectivity index (χ2v) is 9.19. The van der Waals surface area contributed by atoms with Gasteiger partial charge in [0.25, 0.3) is 0 Å². The van der Waals surface area contributed by atoms with Gasteiger partial charge in [0.15, 0.2) is 0 Å². The second kappa shape index (κ2) is 7.93. The van der Waals surface area contributed by atoms with Gasteiger partial charge in [-0.15, -0.1) is 23.1 Å². The van der Waals surface area contributed by atoms with E-state index in [1.54, 1.807) is 11.3 Å².